The summed E-state index contributed by atoms with van der Waals surface area (Å²) in [6.45, 7) is 1.64. The van der Waals surface area contributed by atoms with Crippen LogP contribution >= 0.6 is 0 Å². The Bertz CT molecular complexity index is 136. The van der Waals surface area contributed by atoms with Gasteiger partial charge in [-0.05, 0) is 19.8 Å². The summed E-state index contributed by atoms with van der Waals surface area (Å²) in [6.07, 6.45) is 1.76. The molecule has 0 aliphatic heterocycles. The molecule has 4 N–H and O–H groups in total. The first-order valence-corrected chi connectivity index (χ1v) is 4.19. The molecule has 0 rings (SSSR count). The van der Waals surface area contributed by atoms with Crippen molar-refractivity contribution >= 4 is 5.97 Å². The maximum atomic E-state index is 10.1. The molecule has 72 valence electrons. The van der Waals surface area contributed by atoms with Crippen molar-refractivity contribution in [2.75, 3.05) is 0 Å². The quantitative estimate of drug-likeness (QED) is 0.508. The molecule has 0 amide bonds. The van der Waals surface area contributed by atoms with E-state index in [1.54, 1.807) is 6.92 Å². The third kappa shape index (κ3) is 6.12. The predicted octanol–water partition coefficient (Wildman–Crippen LogP) is 0.339. The lowest BCUT2D eigenvalue weighted by molar-refractivity contribution is -0.137. The third-order valence-electron chi connectivity index (χ3n) is 1.80. The summed E-state index contributed by atoms with van der Waals surface area (Å²) in [5, 5.41) is 17.3. The molecule has 0 saturated carbocycles. The highest BCUT2D eigenvalue weighted by Gasteiger charge is 2.08. The van der Waals surface area contributed by atoms with Gasteiger partial charge in [-0.2, -0.15) is 0 Å². The van der Waals surface area contributed by atoms with Gasteiger partial charge in [0.2, 0.25) is 0 Å². The molecule has 0 aromatic heterocycles. The predicted molar refractivity (Wildman–Crippen MR) is 45.8 cm³/mol. The highest BCUT2D eigenvalue weighted by atomic mass is 16.4. The highest BCUT2D eigenvalue weighted by Crippen LogP contribution is 2.04. The first-order valence-electron chi connectivity index (χ1n) is 4.19. The number of carboxylic acid groups (broad SMARTS) is 1. The van der Waals surface area contributed by atoms with Crippen molar-refractivity contribution in [2.45, 2.75) is 44.8 Å². The second-order valence-corrected chi connectivity index (χ2v) is 3.04. The SMILES string of the molecule is C[C@H](O)[C@@H](N)CCCCC(=O)O. The van der Waals surface area contributed by atoms with Crippen molar-refractivity contribution in [1.82, 2.24) is 0 Å². The van der Waals surface area contributed by atoms with Crippen molar-refractivity contribution in [3.8, 4) is 0 Å². The molecular weight excluding hydrogens is 158 g/mol. The summed E-state index contributed by atoms with van der Waals surface area (Å²) in [5.41, 5.74) is 5.54. The van der Waals surface area contributed by atoms with Gasteiger partial charge in [-0.1, -0.05) is 6.42 Å². The van der Waals surface area contributed by atoms with Crippen LogP contribution in [0.15, 0.2) is 0 Å². The van der Waals surface area contributed by atoms with E-state index in [-0.39, 0.29) is 12.5 Å². The average Bonchev–Trinajstić information content (AvgIpc) is 1.97. The molecule has 4 heteroatoms. The Morgan fingerprint density at radius 1 is 1.50 bits per heavy atom. The van der Waals surface area contributed by atoms with Gasteiger partial charge in [0.25, 0.3) is 0 Å². The molecule has 0 aromatic carbocycles. The van der Waals surface area contributed by atoms with Gasteiger partial charge in [0.15, 0.2) is 0 Å². The van der Waals surface area contributed by atoms with E-state index in [9.17, 15) is 4.79 Å². The van der Waals surface area contributed by atoms with Gasteiger partial charge in [-0.25, -0.2) is 0 Å². The molecule has 0 radical (unpaired) electrons. The van der Waals surface area contributed by atoms with E-state index in [4.69, 9.17) is 15.9 Å². The third-order valence-corrected chi connectivity index (χ3v) is 1.80. The molecule has 0 spiro atoms. The van der Waals surface area contributed by atoms with Crippen LogP contribution in [0.4, 0.5) is 0 Å². The van der Waals surface area contributed by atoms with Crippen LogP contribution in [0.25, 0.3) is 0 Å². The largest absolute Gasteiger partial charge is 0.481 e. The Balaban J connectivity index is 3.25. The lowest BCUT2D eigenvalue weighted by atomic mass is 10.1. The zero-order valence-electron chi connectivity index (χ0n) is 7.36. The van der Waals surface area contributed by atoms with E-state index in [0.29, 0.717) is 12.8 Å². The Morgan fingerprint density at radius 3 is 2.50 bits per heavy atom. The van der Waals surface area contributed by atoms with Crippen molar-refractivity contribution < 1.29 is 15.0 Å². The monoisotopic (exact) mass is 175 g/mol. The van der Waals surface area contributed by atoms with Crippen molar-refractivity contribution in [2.24, 2.45) is 5.73 Å². The van der Waals surface area contributed by atoms with E-state index in [2.05, 4.69) is 0 Å². The van der Waals surface area contributed by atoms with Crippen LogP contribution in [0.5, 0.6) is 0 Å². The first-order chi connectivity index (χ1) is 5.54. The molecule has 0 saturated heterocycles. The van der Waals surface area contributed by atoms with Gasteiger partial charge >= 0.3 is 5.97 Å². The van der Waals surface area contributed by atoms with Crippen molar-refractivity contribution in [3.63, 3.8) is 0 Å². The topological polar surface area (TPSA) is 83.5 Å². The van der Waals surface area contributed by atoms with Gasteiger partial charge < -0.3 is 15.9 Å². The summed E-state index contributed by atoms with van der Waals surface area (Å²) in [4.78, 5) is 10.1. The van der Waals surface area contributed by atoms with Gasteiger partial charge in [-0.15, -0.1) is 0 Å². The summed E-state index contributed by atoms with van der Waals surface area (Å²) >= 11 is 0. The molecule has 4 nitrogen and oxygen atoms in total. The lowest BCUT2D eigenvalue weighted by Crippen LogP contribution is -2.32. The maximum Gasteiger partial charge on any atom is 0.303 e. The van der Waals surface area contributed by atoms with Gasteiger partial charge in [0.1, 0.15) is 0 Å². The number of carboxylic acids is 1. The summed E-state index contributed by atoms with van der Waals surface area (Å²) in [6, 6.07) is -0.223. The van der Waals surface area contributed by atoms with Crippen LogP contribution in [0, 0.1) is 0 Å². The smallest absolute Gasteiger partial charge is 0.303 e. The molecule has 0 aliphatic carbocycles. The van der Waals surface area contributed by atoms with E-state index < -0.39 is 12.1 Å². The molecular formula is C8H17NO3. The van der Waals surface area contributed by atoms with Crippen LogP contribution in [-0.4, -0.2) is 28.3 Å². The number of aliphatic hydroxyl groups excluding tert-OH is 1. The molecule has 0 aliphatic rings. The van der Waals surface area contributed by atoms with Gasteiger partial charge in [0, 0.05) is 12.5 Å². The minimum atomic E-state index is -0.777. The second kappa shape index (κ2) is 5.97. The molecule has 0 fully saturated rings. The number of hydrogen-bond donors (Lipinski definition) is 3. The molecule has 0 unspecified atom stereocenters. The van der Waals surface area contributed by atoms with Crippen LogP contribution < -0.4 is 5.73 Å². The van der Waals surface area contributed by atoms with Crippen LogP contribution in [0.3, 0.4) is 0 Å². The fourth-order valence-electron chi connectivity index (χ4n) is 0.897. The maximum absolute atomic E-state index is 10.1. The number of unbranched alkanes of at least 4 members (excludes halogenated alkanes) is 1. The lowest BCUT2D eigenvalue weighted by Gasteiger charge is -2.13. The fourth-order valence-corrected chi connectivity index (χ4v) is 0.897. The number of carbonyl (C=O) groups is 1. The van der Waals surface area contributed by atoms with Crippen LogP contribution in [-0.2, 0) is 4.79 Å². The second-order valence-electron chi connectivity index (χ2n) is 3.04. The first kappa shape index (κ1) is 11.4. The molecule has 12 heavy (non-hydrogen) atoms. The number of hydrogen-bond acceptors (Lipinski definition) is 3. The summed E-state index contributed by atoms with van der Waals surface area (Å²) < 4.78 is 0. The van der Waals surface area contributed by atoms with Crippen molar-refractivity contribution in [1.29, 1.82) is 0 Å². The van der Waals surface area contributed by atoms with E-state index in [1.807, 2.05) is 0 Å². The normalized spacial score (nSPS) is 15.6. The number of rotatable bonds is 6. The number of aliphatic carboxylic acids is 1. The Hall–Kier alpha value is -0.610. The highest BCUT2D eigenvalue weighted by molar-refractivity contribution is 5.66. The van der Waals surface area contributed by atoms with Gasteiger partial charge in [0.05, 0.1) is 6.10 Å². The molecule has 2 atom stereocenters. The zero-order chi connectivity index (χ0) is 9.56. The Labute approximate surface area is 72.4 Å². The minimum Gasteiger partial charge on any atom is -0.481 e. The number of nitrogens with two attached hydrogens (primary N) is 1. The van der Waals surface area contributed by atoms with E-state index in [1.165, 1.54) is 0 Å². The summed E-state index contributed by atoms with van der Waals surface area (Å²) in [7, 11) is 0. The zero-order valence-corrected chi connectivity index (χ0v) is 7.36. The average molecular weight is 175 g/mol. The van der Waals surface area contributed by atoms with Crippen LogP contribution in [0.1, 0.15) is 32.6 Å². The number of aliphatic hydroxyl groups is 1. The van der Waals surface area contributed by atoms with Crippen molar-refractivity contribution in [3.05, 3.63) is 0 Å². The van der Waals surface area contributed by atoms with E-state index >= 15 is 0 Å². The molecule has 0 aromatic rings. The minimum absolute atomic E-state index is 0.187. The summed E-state index contributed by atoms with van der Waals surface area (Å²) in [5.74, 6) is -0.777. The molecule has 0 bridgehead atoms. The van der Waals surface area contributed by atoms with E-state index in [0.717, 1.165) is 6.42 Å². The fraction of sp³-hybridized carbons (Fsp3) is 0.875. The van der Waals surface area contributed by atoms with Gasteiger partial charge in [-0.3, -0.25) is 4.79 Å². The Morgan fingerprint density at radius 2 is 2.08 bits per heavy atom. The molecule has 0 heterocycles. The standard InChI is InChI=1S/C8H17NO3/c1-6(10)7(9)4-2-3-5-8(11)12/h6-7,10H,2-5,9H2,1H3,(H,11,12)/t6-,7-/m0/s1. The Kier molecular flexibility index (Phi) is 5.66. The van der Waals surface area contributed by atoms with Crippen LogP contribution in [0.2, 0.25) is 0 Å².